The van der Waals surface area contributed by atoms with Crippen LogP contribution in [0.2, 0.25) is 5.15 Å². The van der Waals surface area contributed by atoms with Crippen LogP contribution in [0.1, 0.15) is 29.3 Å². The summed E-state index contributed by atoms with van der Waals surface area (Å²) in [6, 6.07) is 0. The molecule has 1 aromatic rings. The Bertz CT molecular complexity index is 572. The van der Waals surface area contributed by atoms with Crippen molar-refractivity contribution in [1.29, 1.82) is 0 Å². The summed E-state index contributed by atoms with van der Waals surface area (Å²) in [5.41, 5.74) is 0.286. The Labute approximate surface area is 131 Å². The lowest BCUT2D eigenvalue weighted by Crippen LogP contribution is -2.28. The van der Waals surface area contributed by atoms with E-state index in [0.717, 1.165) is 14.2 Å². The number of halogens is 1. The molecule has 1 fully saturated rings. The minimum atomic E-state index is -1.39. The monoisotopic (exact) mass is 330 g/mol. The topological polar surface area (TPSA) is 96.8 Å². The molecule has 2 rings (SSSR count). The van der Waals surface area contributed by atoms with E-state index >= 15 is 0 Å². The fourth-order valence-electron chi connectivity index (χ4n) is 2.09. The highest BCUT2D eigenvalue weighted by molar-refractivity contribution is 6.30. The predicted octanol–water partition coefficient (Wildman–Crippen LogP) is 0.913. The third-order valence-electron chi connectivity index (χ3n) is 3.05. The number of ether oxygens (including phenoxy) is 4. The van der Waals surface area contributed by atoms with Crippen LogP contribution >= 0.6 is 11.6 Å². The van der Waals surface area contributed by atoms with Crippen molar-refractivity contribution in [3.8, 4) is 0 Å². The quantitative estimate of drug-likeness (QED) is 0.456. The molecular formula is C13H15ClN2O6. The van der Waals surface area contributed by atoms with Gasteiger partial charge < -0.3 is 18.9 Å². The summed E-state index contributed by atoms with van der Waals surface area (Å²) >= 11 is 6.14. The van der Waals surface area contributed by atoms with Gasteiger partial charge in [0, 0.05) is 0 Å². The highest BCUT2D eigenvalue weighted by Crippen LogP contribution is 2.35. The van der Waals surface area contributed by atoms with E-state index in [1.54, 1.807) is 6.92 Å². The maximum atomic E-state index is 12.0. The molecule has 0 bridgehead atoms. The summed E-state index contributed by atoms with van der Waals surface area (Å²) in [7, 11) is 2.33. The molecule has 1 aromatic heterocycles. The van der Waals surface area contributed by atoms with Crippen molar-refractivity contribution in [3.63, 3.8) is 0 Å². The molecule has 22 heavy (non-hydrogen) atoms. The molecule has 1 saturated heterocycles. The number of aryl methyl sites for hydroxylation is 1. The minimum absolute atomic E-state index is 0.0483. The Kier molecular flexibility index (Phi) is 5.28. The second kappa shape index (κ2) is 6.99. The molecule has 120 valence electrons. The van der Waals surface area contributed by atoms with Crippen molar-refractivity contribution >= 4 is 23.5 Å². The fourth-order valence-corrected chi connectivity index (χ4v) is 2.39. The zero-order chi connectivity index (χ0) is 16.3. The number of hydrogen-bond acceptors (Lipinski definition) is 8. The molecule has 8 nitrogen and oxygen atoms in total. The van der Waals surface area contributed by atoms with Crippen LogP contribution in [-0.4, -0.2) is 49.3 Å². The van der Waals surface area contributed by atoms with Gasteiger partial charge in [-0.25, -0.2) is 9.97 Å². The summed E-state index contributed by atoms with van der Waals surface area (Å²) in [6.45, 7) is 2.30. The van der Waals surface area contributed by atoms with E-state index in [1.807, 2.05) is 0 Å². The molecule has 0 amide bonds. The van der Waals surface area contributed by atoms with Crippen LogP contribution in [0.15, 0.2) is 0 Å². The van der Waals surface area contributed by atoms with Crippen molar-refractivity contribution in [1.82, 2.24) is 9.97 Å². The van der Waals surface area contributed by atoms with Gasteiger partial charge in [0.2, 0.25) is 0 Å². The van der Waals surface area contributed by atoms with E-state index in [4.69, 9.17) is 21.1 Å². The third-order valence-corrected chi connectivity index (χ3v) is 3.33. The number of carbonyl (C=O) groups excluding carboxylic acids is 2. The van der Waals surface area contributed by atoms with E-state index in [9.17, 15) is 9.59 Å². The average molecular weight is 331 g/mol. The van der Waals surface area contributed by atoms with Crippen molar-refractivity contribution in [2.24, 2.45) is 0 Å². The van der Waals surface area contributed by atoms with Gasteiger partial charge in [-0.1, -0.05) is 11.6 Å². The number of nitrogens with zero attached hydrogens (tertiary/aromatic N) is 2. The molecule has 0 spiro atoms. The van der Waals surface area contributed by atoms with Gasteiger partial charge in [0.25, 0.3) is 0 Å². The summed E-state index contributed by atoms with van der Waals surface area (Å²) in [5.74, 6) is -2.74. The molecule has 2 heterocycles. The maximum Gasteiger partial charge on any atom is 0.326 e. The van der Waals surface area contributed by atoms with Crippen LogP contribution in [0, 0.1) is 6.92 Å². The highest BCUT2D eigenvalue weighted by Gasteiger charge is 2.38. The minimum Gasteiger partial charge on any atom is -0.468 e. The third kappa shape index (κ3) is 3.18. The van der Waals surface area contributed by atoms with Crippen LogP contribution < -0.4 is 0 Å². The second-order valence-corrected chi connectivity index (χ2v) is 4.77. The lowest BCUT2D eigenvalue weighted by atomic mass is 10.0. The molecule has 1 aliphatic heterocycles. The summed E-state index contributed by atoms with van der Waals surface area (Å²) in [5, 5.41) is 0.0483. The van der Waals surface area contributed by atoms with E-state index < -0.39 is 24.1 Å². The number of hydrogen-bond donors (Lipinski definition) is 0. The van der Waals surface area contributed by atoms with Crippen LogP contribution in [-0.2, 0) is 28.5 Å². The van der Waals surface area contributed by atoms with Gasteiger partial charge in [-0.3, -0.25) is 9.59 Å². The molecule has 0 N–H and O–H groups in total. The van der Waals surface area contributed by atoms with Gasteiger partial charge in [0.05, 0.1) is 38.7 Å². The Morgan fingerprint density at radius 1 is 1.18 bits per heavy atom. The molecule has 1 aliphatic rings. The van der Waals surface area contributed by atoms with E-state index in [2.05, 4.69) is 19.4 Å². The second-order valence-electron chi connectivity index (χ2n) is 4.41. The van der Waals surface area contributed by atoms with E-state index in [-0.39, 0.29) is 16.4 Å². The lowest BCUT2D eigenvalue weighted by molar-refractivity contribution is -0.154. The smallest absolute Gasteiger partial charge is 0.326 e. The molecule has 9 heteroatoms. The van der Waals surface area contributed by atoms with E-state index in [0.29, 0.717) is 19.0 Å². The predicted molar refractivity (Wildman–Crippen MR) is 73.2 cm³/mol. The van der Waals surface area contributed by atoms with Crippen LogP contribution in [0.5, 0.6) is 0 Å². The molecule has 0 aliphatic carbocycles. The molecule has 0 saturated carbocycles. The number of aromatic nitrogens is 2. The largest absolute Gasteiger partial charge is 0.468 e. The normalized spacial score (nSPS) is 15.1. The standard InChI is InChI=1S/C13H15ClN2O6/c1-6-15-9(8(11(17)19-2)12(18)20-3)7(10(14)16-6)13-21-4-5-22-13/h8,13H,4-5H2,1-3H3. The molecule has 0 aromatic carbocycles. The Balaban J connectivity index is 2.59. The summed E-state index contributed by atoms with van der Waals surface area (Å²) in [4.78, 5) is 32.2. The van der Waals surface area contributed by atoms with Crippen LogP contribution in [0.4, 0.5) is 0 Å². The van der Waals surface area contributed by atoms with Crippen molar-refractivity contribution in [3.05, 3.63) is 22.2 Å². The van der Waals surface area contributed by atoms with Crippen molar-refractivity contribution in [2.75, 3.05) is 27.4 Å². The number of methoxy groups -OCH3 is 2. The van der Waals surface area contributed by atoms with Gasteiger partial charge in [0.1, 0.15) is 11.0 Å². The number of rotatable bonds is 4. The van der Waals surface area contributed by atoms with Gasteiger partial charge in [-0.2, -0.15) is 0 Å². The highest BCUT2D eigenvalue weighted by atomic mass is 35.5. The zero-order valence-corrected chi connectivity index (χ0v) is 13.0. The Morgan fingerprint density at radius 3 is 2.23 bits per heavy atom. The Hall–Kier alpha value is -1.77. The first-order chi connectivity index (χ1) is 10.5. The van der Waals surface area contributed by atoms with Crippen molar-refractivity contribution < 1.29 is 28.5 Å². The molecule has 0 atom stereocenters. The first kappa shape index (κ1) is 16.6. The first-order valence-corrected chi connectivity index (χ1v) is 6.80. The van der Waals surface area contributed by atoms with Crippen LogP contribution in [0.3, 0.4) is 0 Å². The molecule has 0 unspecified atom stereocenters. The van der Waals surface area contributed by atoms with Crippen LogP contribution in [0.25, 0.3) is 0 Å². The molecule has 0 radical (unpaired) electrons. The summed E-state index contributed by atoms with van der Waals surface area (Å²) < 4.78 is 20.1. The van der Waals surface area contributed by atoms with Gasteiger partial charge in [0.15, 0.2) is 12.2 Å². The zero-order valence-electron chi connectivity index (χ0n) is 12.3. The fraction of sp³-hybridized carbons (Fsp3) is 0.538. The van der Waals surface area contributed by atoms with Gasteiger partial charge >= 0.3 is 11.9 Å². The first-order valence-electron chi connectivity index (χ1n) is 6.42. The number of esters is 2. The Morgan fingerprint density at radius 2 is 1.73 bits per heavy atom. The van der Waals surface area contributed by atoms with E-state index in [1.165, 1.54) is 0 Å². The van der Waals surface area contributed by atoms with Gasteiger partial charge in [-0.15, -0.1) is 0 Å². The SMILES string of the molecule is COC(=O)C(C(=O)OC)c1nc(C)nc(Cl)c1C1OCCO1. The van der Waals surface area contributed by atoms with Gasteiger partial charge in [-0.05, 0) is 6.92 Å². The lowest BCUT2D eigenvalue weighted by Gasteiger charge is -2.19. The number of carbonyl (C=O) groups is 2. The maximum absolute atomic E-state index is 12.0. The average Bonchev–Trinajstić information content (AvgIpc) is 3.00. The summed E-state index contributed by atoms with van der Waals surface area (Å²) in [6.07, 6.45) is -0.847. The molecular weight excluding hydrogens is 316 g/mol. The van der Waals surface area contributed by atoms with Crippen molar-refractivity contribution in [2.45, 2.75) is 19.1 Å².